The SMILES string of the molecule is CC1c2ccsc2CCN1c1ccc(C(=N)N)cc1F. The first-order chi connectivity index (χ1) is 9.58. The lowest BCUT2D eigenvalue weighted by molar-refractivity contribution is 0.582. The first-order valence-electron chi connectivity index (χ1n) is 6.55. The zero-order valence-electron chi connectivity index (χ0n) is 11.2. The topological polar surface area (TPSA) is 53.1 Å². The molecule has 1 unspecified atom stereocenters. The summed E-state index contributed by atoms with van der Waals surface area (Å²) in [5.41, 5.74) is 7.69. The average molecular weight is 289 g/mol. The molecule has 1 aliphatic heterocycles. The predicted octanol–water partition coefficient (Wildman–Crippen LogP) is 3.29. The maximum absolute atomic E-state index is 14.3. The van der Waals surface area contributed by atoms with E-state index < -0.39 is 0 Å². The van der Waals surface area contributed by atoms with Gasteiger partial charge in [0.1, 0.15) is 11.7 Å². The number of rotatable bonds is 2. The number of benzene rings is 1. The summed E-state index contributed by atoms with van der Waals surface area (Å²) in [5.74, 6) is -0.425. The van der Waals surface area contributed by atoms with Crippen molar-refractivity contribution in [2.45, 2.75) is 19.4 Å². The maximum atomic E-state index is 14.3. The number of halogens is 1. The number of nitrogens with one attached hydrogen (secondary N) is 1. The average Bonchev–Trinajstić information content (AvgIpc) is 2.89. The van der Waals surface area contributed by atoms with Gasteiger partial charge in [0.05, 0.1) is 11.7 Å². The molecular formula is C15H16FN3S. The number of nitrogens with zero attached hydrogens (tertiary/aromatic N) is 1. The lowest BCUT2D eigenvalue weighted by atomic mass is 10.00. The van der Waals surface area contributed by atoms with E-state index in [1.807, 2.05) is 0 Å². The molecule has 1 aromatic carbocycles. The van der Waals surface area contributed by atoms with E-state index in [9.17, 15) is 4.39 Å². The molecule has 0 aliphatic carbocycles. The fraction of sp³-hybridized carbons (Fsp3) is 0.267. The molecule has 20 heavy (non-hydrogen) atoms. The highest BCUT2D eigenvalue weighted by Gasteiger charge is 2.26. The lowest BCUT2D eigenvalue weighted by Crippen LogP contribution is -2.33. The van der Waals surface area contributed by atoms with Crippen LogP contribution in [0.25, 0.3) is 0 Å². The molecule has 2 aromatic rings. The summed E-state index contributed by atoms with van der Waals surface area (Å²) in [5, 5.41) is 9.46. The van der Waals surface area contributed by atoms with Gasteiger partial charge in [-0.3, -0.25) is 5.41 Å². The van der Waals surface area contributed by atoms with Gasteiger partial charge < -0.3 is 10.6 Å². The number of hydrogen-bond acceptors (Lipinski definition) is 3. The third-order valence-corrected chi connectivity index (χ3v) is 4.84. The molecule has 1 atom stereocenters. The van der Waals surface area contributed by atoms with Crippen molar-refractivity contribution in [3.05, 3.63) is 51.5 Å². The first-order valence-corrected chi connectivity index (χ1v) is 7.42. The standard InChI is InChI=1S/C15H16FN3S/c1-9-11-5-7-20-14(11)4-6-19(9)13-3-2-10(15(17)18)8-12(13)16/h2-3,5,7-9H,4,6H2,1H3,(H3,17,18). The minimum Gasteiger partial charge on any atom is -0.384 e. The largest absolute Gasteiger partial charge is 0.384 e. The third-order valence-electron chi connectivity index (χ3n) is 3.85. The van der Waals surface area contributed by atoms with Gasteiger partial charge in [-0.15, -0.1) is 11.3 Å². The number of anilines is 1. The van der Waals surface area contributed by atoms with Crippen molar-refractivity contribution in [2.24, 2.45) is 5.73 Å². The van der Waals surface area contributed by atoms with Crippen molar-refractivity contribution < 1.29 is 4.39 Å². The molecule has 0 saturated carbocycles. The highest BCUT2D eigenvalue weighted by atomic mass is 32.1. The fourth-order valence-electron chi connectivity index (χ4n) is 2.75. The van der Waals surface area contributed by atoms with Gasteiger partial charge in [0.25, 0.3) is 0 Å². The Morgan fingerprint density at radius 2 is 2.25 bits per heavy atom. The summed E-state index contributed by atoms with van der Waals surface area (Å²) in [6.45, 7) is 2.91. The normalized spacial score (nSPS) is 17.9. The van der Waals surface area contributed by atoms with E-state index in [0.29, 0.717) is 11.3 Å². The summed E-state index contributed by atoms with van der Waals surface area (Å²) in [4.78, 5) is 3.48. The molecule has 0 saturated heterocycles. The Morgan fingerprint density at radius 3 is 2.95 bits per heavy atom. The van der Waals surface area contributed by atoms with Gasteiger partial charge in [-0.05, 0) is 48.6 Å². The molecule has 3 N–H and O–H groups in total. The number of nitrogen functional groups attached to an aromatic ring is 1. The minimum absolute atomic E-state index is 0.109. The zero-order valence-corrected chi connectivity index (χ0v) is 12.0. The zero-order chi connectivity index (χ0) is 14.3. The van der Waals surface area contributed by atoms with Crippen LogP contribution in [-0.4, -0.2) is 12.4 Å². The van der Waals surface area contributed by atoms with E-state index in [-0.39, 0.29) is 17.7 Å². The molecule has 5 heteroatoms. The van der Waals surface area contributed by atoms with Gasteiger partial charge in [0, 0.05) is 17.0 Å². The van der Waals surface area contributed by atoms with Gasteiger partial charge in [-0.1, -0.05) is 0 Å². The van der Waals surface area contributed by atoms with Crippen LogP contribution in [0.1, 0.15) is 29.0 Å². The van der Waals surface area contributed by atoms with Crippen LogP contribution in [0.2, 0.25) is 0 Å². The Labute approximate surface area is 121 Å². The predicted molar refractivity (Wildman–Crippen MR) is 81.2 cm³/mol. The Bertz CT molecular complexity index is 665. The number of nitrogens with two attached hydrogens (primary N) is 1. The molecule has 0 spiro atoms. The van der Waals surface area contributed by atoms with Crippen molar-refractivity contribution in [3.63, 3.8) is 0 Å². The van der Waals surface area contributed by atoms with Crippen LogP contribution < -0.4 is 10.6 Å². The summed E-state index contributed by atoms with van der Waals surface area (Å²) >= 11 is 1.77. The summed E-state index contributed by atoms with van der Waals surface area (Å²) < 4.78 is 14.3. The van der Waals surface area contributed by atoms with Crippen molar-refractivity contribution in [1.29, 1.82) is 5.41 Å². The second-order valence-electron chi connectivity index (χ2n) is 5.00. The number of amidine groups is 1. The Balaban J connectivity index is 1.96. The van der Waals surface area contributed by atoms with Crippen LogP contribution in [-0.2, 0) is 6.42 Å². The van der Waals surface area contributed by atoms with Crippen LogP contribution in [0.3, 0.4) is 0 Å². The van der Waals surface area contributed by atoms with E-state index in [0.717, 1.165) is 13.0 Å². The Morgan fingerprint density at radius 1 is 1.45 bits per heavy atom. The van der Waals surface area contributed by atoms with E-state index >= 15 is 0 Å². The summed E-state index contributed by atoms with van der Waals surface area (Å²) in [7, 11) is 0. The van der Waals surface area contributed by atoms with E-state index in [1.165, 1.54) is 16.5 Å². The monoisotopic (exact) mass is 289 g/mol. The van der Waals surface area contributed by atoms with E-state index in [4.69, 9.17) is 11.1 Å². The van der Waals surface area contributed by atoms with Crippen LogP contribution in [0.4, 0.5) is 10.1 Å². The van der Waals surface area contributed by atoms with Crippen LogP contribution >= 0.6 is 11.3 Å². The molecule has 0 amide bonds. The van der Waals surface area contributed by atoms with Crippen LogP contribution in [0.15, 0.2) is 29.6 Å². The van der Waals surface area contributed by atoms with Gasteiger partial charge in [-0.2, -0.15) is 0 Å². The molecule has 0 fully saturated rings. The van der Waals surface area contributed by atoms with E-state index in [1.54, 1.807) is 23.5 Å². The van der Waals surface area contributed by atoms with Crippen molar-refractivity contribution >= 4 is 22.9 Å². The quantitative estimate of drug-likeness (QED) is 0.658. The highest BCUT2D eigenvalue weighted by molar-refractivity contribution is 7.10. The number of hydrogen-bond donors (Lipinski definition) is 2. The Kier molecular flexibility index (Phi) is 3.22. The molecule has 0 bridgehead atoms. The second kappa shape index (κ2) is 4.90. The molecule has 1 aromatic heterocycles. The molecule has 2 heterocycles. The van der Waals surface area contributed by atoms with Crippen molar-refractivity contribution in [2.75, 3.05) is 11.4 Å². The number of thiophene rings is 1. The van der Waals surface area contributed by atoms with Gasteiger partial charge >= 0.3 is 0 Å². The smallest absolute Gasteiger partial charge is 0.147 e. The maximum Gasteiger partial charge on any atom is 0.147 e. The fourth-order valence-corrected chi connectivity index (χ4v) is 3.71. The molecule has 3 rings (SSSR count). The molecule has 1 aliphatic rings. The lowest BCUT2D eigenvalue weighted by Gasteiger charge is -2.35. The summed E-state index contributed by atoms with van der Waals surface area (Å²) in [6, 6.07) is 7.06. The van der Waals surface area contributed by atoms with Crippen LogP contribution in [0.5, 0.6) is 0 Å². The summed E-state index contributed by atoms with van der Waals surface area (Å²) in [6.07, 6.45) is 0.950. The minimum atomic E-state index is -0.316. The molecule has 3 nitrogen and oxygen atoms in total. The van der Waals surface area contributed by atoms with Gasteiger partial charge in [0.2, 0.25) is 0 Å². The van der Waals surface area contributed by atoms with E-state index in [2.05, 4.69) is 23.3 Å². The Hall–Kier alpha value is -1.88. The third kappa shape index (κ3) is 2.08. The van der Waals surface area contributed by atoms with Crippen molar-refractivity contribution in [1.82, 2.24) is 0 Å². The van der Waals surface area contributed by atoms with Crippen molar-refractivity contribution in [3.8, 4) is 0 Å². The van der Waals surface area contributed by atoms with Gasteiger partial charge in [-0.25, -0.2) is 4.39 Å². The van der Waals surface area contributed by atoms with Gasteiger partial charge in [0.15, 0.2) is 0 Å². The van der Waals surface area contributed by atoms with Crippen LogP contribution in [0, 0.1) is 11.2 Å². The molecular weight excluding hydrogens is 273 g/mol. The first kappa shape index (κ1) is 13.1. The number of fused-ring (bicyclic) bond motifs is 1. The molecule has 104 valence electrons. The molecule has 0 radical (unpaired) electrons. The highest BCUT2D eigenvalue weighted by Crippen LogP contribution is 2.37. The second-order valence-corrected chi connectivity index (χ2v) is 6.00.